The van der Waals surface area contributed by atoms with Crippen LogP contribution in [0.2, 0.25) is 10.0 Å². The Bertz CT molecular complexity index is 616. The highest BCUT2D eigenvalue weighted by Crippen LogP contribution is 2.38. The number of nitrogens with one attached hydrogen (secondary N) is 1. The molecule has 2 nitrogen and oxygen atoms in total. The van der Waals surface area contributed by atoms with Crippen LogP contribution in [0.1, 0.15) is 24.9 Å². The number of benzene rings is 2. The van der Waals surface area contributed by atoms with Crippen molar-refractivity contribution in [1.82, 2.24) is 0 Å². The molecule has 1 unspecified atom stereocenters. The van der Waals surface area contributed by atoms with Crippen molar-refractivity contribution in [2.24, 2.45) is 0 Å². The molecular weight excluding hydrogens is 373 g/mol. The van der Waals surface area contributed by atoms with Crippen molar-refractivity contribution < 1.29 is 4.74 Å². The first-order valence-electron chi connectivity index (χ1n) is 6.60. The normalized spacial score (nSPS) is 12.0. The molecule has 5 heteroatoms. The fourth-order valence-corrected chi connectivity index (χ4v) is 3.28. The molecule has 0 saturated heterocycles. The van der Waals surface area contributed by atoms with Gasteiger partial charge in [0.25, 0.3) is 0 Å². The van der Waals surface area contributed by atoms with E-state index in [1.807, 2.05) is 36.4 Å². The molecule has 112 valence electrons. The van der Waals surface area contributed by atoms with E-state index in [0.717, 1.165) is 27.4 Å². The number of hydrogen-bond acceptors (Lipinski definition) is 2. The maximum Gasteiger partial charge on any atom is 0.156 e. The molecule has 0 aliphatic carbocycles. The molecule has 0 aliphatic heterocycles. The Hall–Kier alpha value is -0.900. The molecule has 0 saturated carbocycles. The van der Waals surface area contributed by atoms with Crippen molar-refractivity contribution in [3.63, 3.8) is 0 Å². The third-order valence-corrected chi connectivity index (χ3v) is 4.28. The lowest BCUT2D eigenvalue weighted by molar-refractivity contribution is 0.413. The summed E-state index contributed by atoms with van der Waals surface area (Å²) < 4.78 is 6.27. The molecule has 0 aromatic heterocycles. The summed E-state index contributed by atoms with van der Waals surface area (Å²) in [6.07, 6.45) is 0.926. The smallest absolute Gasteiger partial charge is 0.156 e. The zero-order valence-electron chi connectivity index (χ0n) is 11.8. The Labute approximate surface area is 143 Å². The Kier molecular flexibility index (Phi) is 5.80. The van der Waals surface area contributed by atoms with Gasteiger partial charge in [-0.1, -0.05) is 42.3 Å². The lowest BCUT2D eigenvalue weighted by Crippen LogP contribution is -2.10. The molecule has 2 aromatic rings. The van der Waals surface area contributed by atoms with E-state index < -0.39 is 0 Å². The van der Waals surface area contributed by atoms with Crippen molar-refractivity contribution in [3.05, 3.63) is 56.5 Å². The van der Waals surface area contributed by atoms with E-state index in [2.05, 4.69) is 28.2 Å². The van der Waals surface area contributed by atoms with Gasteiger partial charge >= 0.3 is 0 Å². The van der Waals surface area contributed by atoms with E-state index in [0.29, 0.717) is 5.02 Å². The van der Waals surface area contributed by atoms with E-state index in [9.17, 15) is 0 Å². The topological polar surface area (TPSA) is 21.3 Å². The summed E-state index contributed by atoms with van der Waals surface area (Å²) >= 11 is 15.5. The summed E-state index contributed by atoms with van der Waals surface area (Å²) in [5, 5.41) is 4.87. The fourth-order valence-electron chi connectivity index (χ4n) is 2.18. The SMILES string of the molecule is CCC(Nc1cc(Cl)cc(Br)c1OC)c1ccc(Cl)cc1. The highest BCUT2D eigenvalue weighted by Gasteiger charge is 2.14. The largest absolute Gasteiger partial charge is 0.493 e. The molecule has 0 radical (unpaired) electrons. The Balaban J connectivity index is 2.32. The standard InChI is InChI=1S/C16H16BrCl2NO/c1-3-14(10-4-6-11(18)7-5-10)20-15-9-12(19)8-13(17)16(15)21-2/h4-9,14,20H,3H2,1-2H3. The summed E-state index contributed by atoms with van der Waals surface area (Å²) in [6.45, 7) is 2.12. The van der Waals surface area contributed by atoms with Gasteiger partial charge in [0.05, 0.1) is 23.3 Å². The van der Waals surface area contributed by atoms with Gasteiger partial charge < -0.3 is 10.1 Å². The van der Waals surface area contributed by atoms with Gasteiger partial charge in [0.15, 0.2) is 5.75 Å². The lowest BCUT2D eigenvalue weighted by Gasteiger charge is -2.21. The lowest BCUT2D eigenvalue weighted by atomic mass is 10.0. The molecule has 21 heavy (non-hydrogen) atoms. The van der Waals surface area contributed by atoms with E-state index in [1.54, 1.807) is 7.11 Å². The van der Waals surface area contributed by atoms with E-state index in [-0.39, 0.29) is 6.04 Å². The maximum absolute atomic E-state index is 6.13. The van der Waals surface area contributed by atoms with Crippen molar-refractivity contribution >= 4 is 44.8 Å². The van der Waals surface area contributed by atoms with Crippen molar-refractivity contribution in [3.8, 4) is 5.75 Å². The summed E-state index contributed by atoms with van der Waals surface area (Å²) in [6, 6.07) is 11.7. The number of hydrogen-bond donors (Lipinski definition) is 1. The van der Waals surface area contributed by atoms with Crippen LogP contribution >= 0.6 is 39.1 Å². The Morgan fingerprint density at radius 2 is 1.81 bits per heavy atom. The minimum Gasteiger partial charge on any atom is -0.493 e. The first kappa shape index (κ1) is 16.5. The number of methoxy groups -OCH3 is 1. The van der Waals surface area contributed by atoms with Crippen LogP contribution in [0.15, 0.2) is 40.9 Å². The molecule has 2 aromatic carbocycles. The minimum atomic E-state index is 0.154. The molecular formula is C16H16BrCl2NO. The summed E-state index contributed by atoms with van der Waals surface area (Å²) in [7, 11) is 1.64. The van der Waals surface area contributed by atoms with Crippen LogP contribution in [-0.2, 0) is 0 Å². The van der Waals surface area contributed by atoms with Gasteiger partial charge in [-0.2, -0.15) is 0 Å². The molecule has 0 amide bonds. The summed E-state index contributed by atoms with van der Waals surface area (Å²) in [5.41, 5.74) is 2.03. The molecule has 1 N–H and O–H groups in total. The number of ether oxygens (including phenoxy) is 1. The predicted molar refractivity (Wildman–Crippen MR) is 93.8 cm³/mol. The van der Waals surface area contributed by atoms with Gasteiger partial charge in [0.2, 0.25) is 0 Å². The quantitative estimate of drug-likeness (QED) is 0.646. The van der Waals surface area contributed by atoms with Gasteiger partial charge in [0, 0.05) is 10.0 Å². The average Bonchev–Trinajstić information content (AvgIpc) is 2.45. The first-order chi connectivity index (χ1) is 10.0. The van der Waals surface area contributed by atoms with E-state index in [4.69, 9.17) is 27.9 Å². The summed E-state index contributed by atoms with van der Waals surface area (Å²) in [4.78, 5) is 0. The van der Waals surface area contributed by atoms with Crippen LogP contribution in [0.25, 0.3) is 0 Å². The zero-order valence-corrected chi connectivity index (χ0v) is 14.9. The average molecular weight is 389 g/mol. The van der Waals surface area contributed by atoms with Crippen molar-refractivity contribution in [2.75, 3.05) is 12.4 Å². The van der Waals surface area contributed by atoms with Crippen LogP contribution in [0.5, 0.6) is 5.75 Å². The van der Waals surface area contributed by atoms with E-state index >= 15 is 0 Å². The highest BCUT2D eigenvalue weighted by atomic mass is 79.9. The molecule has 0 aliphatic rings. The second-order valence-electron chi connectivity index (χ2n) is 4.63. The molecule has 1 atom stereocenters. The molecule has 0 bridgehead atoms. The van der Waals surface area contributed by atoms with Crippen LogP contribution < -0.4 is 10.1 Å². The van der Waals surface area contributed by atoms with Crippen LogP contribution in [-0.4, -0.2) is 7.11 Å². The summed E-state index contributed by atoms with van der Waals surface area (Å²) in [5.74, 6) is 0.742. The monoisotopic (exact) mass is 387 g/mol. The Morgan fingerprint density at radius 1 is 1.14 bits per heavy atom. The fraction of sp³-hybridized carbons (Fsp3) is 0.250. The first-order valence-corrected chi connectivity index (χ1v) is 8.15. The van der Waals surface area contributed by atoms with Gasteiger partial charge in [-0.25, -0.2) is 0 Å². The van der Waals surface area contributed by atoms with Gasteiger partial charge in [-0.3, -0.25) is 0 Å². The van der Waals surface area contributed by atoms with Crippen LogP contribution in [0.4, 0.5) is 5.69 Å². The second-order valence-corrected chi connectivity index (χ2v) is 6.35. The van der Waals surface area contributed by atoms with Crippen molar-refractivity contribution in [2.45, 2.75) is 19.4 Å². The zero-order chi connectivity index (χ0) is 15.4. The van der Waals surface area contributed by atoms with Crippen LogP contribution in [0, 0.1) is 0 Å². The molecule has 0 fully saturated rings. The number of rotatable bonds is 5. The van der Waals surface area contributed by atoms with Crippen molar-refractivity contribution in [1.29, 1.82) is 0 Å². The third kappa shape index (κ3) is 4.06. The highest BCUT2D eigenvalue weighted by molar-refractivity contribution is 9.10. The maximum atomic E-state index is 6.13. The molecule has 0 spiro atoms. The van der Waals surface area contributed by atoms with Gasteiger partial charge in [0.1, 0.15) is 0 Å². The van der Waals surface area contributed by atoms with Crippen LogP contribution in [0.3, 0.4) is 0 Å². The minimum absolute atomic E-state index is 0.154. The van der Waals surface area contributed by atoms with Gasteiger partial charge in [-0.05, 0) is 52.2 Å². The molecule has 0 heterocycles. The number of halogens is 3. The second kappa shape index (κ2) is 7.39. The van der Waals surface area contributed by atoms with Gasteiger partial charge in [-0.15, -0.1) is 0 Å². The number of anilines is 1. The molecule has 2 rings (SSSR count). The predicted octanol–water partition coefficient (Wildman–Crippen LogP) is 6.33. The third-order valence-electron chi connectivity index (χ3n) is 3.22. The van der Waals surface area contributed by atoms with E-state index in [1.165, 1.54) is 5.56 Å². The Morgan fingerprint density at radius 3 is 2.38 bits per heavy atom.